The Morgan fingerprint density at radius 3 is 2.41 bits per heavy atom. The predicted molar refractivity (Wildman–Crippen MR) is 123 cm³/mol. The average molecular weight is 419 g/mol. The molecule has 0 bridgehead atoms. The Balaban J connectivity index is 1.52. The van der Waals surface area contributed by atoms with Gasteiger partial charge < -0.3 is 0 Å². The van der Waals surface area contributed by atoms with Crippen molar-refractivity contribution in [2.24, 2.45) is 0 Å². The number of nitrogens with zero attached hydrogens (tertiary/aromatic N) is 2. The number of hydrogen-bond donors (Lipinski definition) is 0. The van der Waals surface area contributed by atoms with E-state index >= 15 is 0 Å². The number of hydrogen-bond acceptors (Lipinski definition) is 5. The van der Waals surface area contributed by atoms with Crippen LogP contribution < -0.4 is 0 Å². The molecule has 2 heterocycles. The SMILES string of the molecule is CC(C)(C)c1ccc(C(=O)CSc2ncnc3sc(-c4ccccc4)cc23)cc1. The Bertz CT molecular complexity index is 1140. The molecule has 0 saturated carbocycles. The highest BCUT2D eigenvalue weighted by Gasteiger charge is 2.16. The lowest BCUT2D eigenvalue weighted by molar-refractivity contribution is 0.102. The number of thiophene rings is 1. The molecule has 2 aromatic carbocycles. The second-order valence-electron chi connectivity index (χ2n) is 7.91. The molecule has 0 amide bonds. The maximum atomic E-state index is 12.7. The van der Waals surface area contributed by atoms with E-state index in [4.69, 9.17) is 0 Å². The van der Waals surface area contributed by atoms with E-state index in [2.05, 4.69) is 48.9 Å². The van der Waals surface area contributed by atoms with E-state index in [1.54, 1.807) is 17.7 Å². The zero-order valence-corrected chi connectivity index (χ0v) is 18.3. The van der Waals surface area contributed by atoms with Crippen LogP contribution in [0.5, 0.6) is 0 Å². The van der Waals surface area contributed by atoms with Gasteiger partial charge in [-0.15, -0.1) is 11.3 Å². The molecule has 4 aromatic rings. The third-order valence-electron chi connectivity index (χ3n) is 4.76. The first-order chi connectivity index (χ1) is 13.9. The molecule has 5 heteroatoms. The van der Waals surface area contributed by atoms with Crippen LogP contribution in [-0.2, 0) is 5.41 Å². The van der Waals surface area contributed by atoms with Gasteiger partial charge in [-0.2, -0.15) is 0 Å². The molecule has 0 spiro atoms. The van der Waals surface area contributed by atoms with Crippen molar-refractivity contribution in [1.29, 1.82) is 0 Å². The van der Waals surface area contributed by atoms with Crippen molar-refractivity contribution in [3.63, 3.8) is 0 Å². The van der Waals surface area contributed by atoms with E-state index in [0.717, 1.165) is 25.7 Å². The smallest absolute Gasteiger partial charge is 0.173 e. The summed E-state index contributed by atoms with van der Waals surface area (Å²) >= 11 is 3.13. The van der Waals surface area contributed by atoms with E-state index in [9.17, 15) is 4.79 Å². The first-order valence-electron chi connectivity index (χ1n) is 9.48. The number of ketones is 1. The molecule has 2 aromatic heterocycles. The number of carbonyl (C=O) groups is 1. The molecule has 0 fully saturated rings. The zero-order valence-electron chi connectivity index (χ0n) is 16.7. The van der Waals surface area contributed by atoms with Gasteiger partial charge in [0.15, 0.2) is 5.78 Å². The summed E-state index contributed by atoms with van der Waals surface area (Å²) in [4.78, 5) is 23.6. The van der Waals surface area contributed by atoms with E-state index in [1.807, 2.05) is 42.5 Å². The van der Waals surface area contributed by atoms with Gasteiger partial charge in [0.1, 0.15) is 16.2 Å². The summed E-state index contributed by atoms with van der Waals surface area (Å²) in [6.07, 6.45) is 1.58. The molecule has 3 nitrogen and oxygen atoms in total. The number of carbonyl (C=O) groups excluding carboxylic acids is 1. The fourth-order valence-electron chi connectivity index (χ4n) is 3.07. The molecule has 0 unspecified atom stereocenters. The van der Waals surface area contributed by atoms with Crippen molar-refractivity contribution < 1.29 is 4.79 Å². The molecule has 4 rings (SSSR count). The largest absolute Gasteiger partial charge is 0.293 e. The van der Waals surface area contributed by atoms with Crippen LogP contribution in [0.2, 0.25) is 0 Å². The molecular formula is C24H22N2OS2. The van der Waals surface area contributed by atoms with Crippen LogP contribution in [0.3, 0.4) is 0 Å². The minimum Gasteiger partial charge on any atom is -0.293 e. The van der Waals surface area contributed by atoms with Crippen LogP contribution in [0.25, 0.3) is 20.7 Å². The lowest BCUT2D eigenvalue weighted by atomic mass is 9.86. The normalized spacial score (nSPS) is 11.7. The van der Waals surface area contributed by atoms with E-state index in [-0.39, 0.29) is 11.2 Å². The van der Waals surface area contributed by atoms with Crippen molar-refractivity contribution in [2.45, 2.75) is 31.2 Å². The van der Waals surface area contributed by atoms with Gasteiger partial charge in [0.2, 0.25) is 0 Å². The van der Waals surface area contributed by atoms with Crippen molar-refractivity contribution in [3.05, 3.63) is 78.1 Å². The second-order valence-corrected chi connectivity index (χ2v) is 9.91. The van der Waals surface area contributed by atoms with Crippen molar-refractivity contribution in [1.82, 2.24) is 9.97 Å². The highest BCUT2D eigenvalue weighted by Crippen LogP contribution is 2.36. The maximum Gasteiger partial charge on any atom is 0.173 e. The lowest BCUT2D eigenvalue weighted by Gasteiger charge is -2.18. The van der Waals surface area contributed by atoms with Gasteiger partial charge in [-0.25, -0.2) is 9.97 Å². The van der Waals surface area contributed by atoms with Gasteiger partial charge in [-0.1, -0.05) is 87.1 Å². The summed E-state index contributed by atoms with van der Waals surface area (Å²) in [5.74, 6) is 0.470. The minimum absolute atomic E-state index is 0.0816. The molecule has 0 N–H and O–H groups in total. The monoisotopic (exact) mass is 418 g/mol. The summed E-state index contributed by atoms with van der Waals surface area (Å²) in [6, 6.07) is 20.3. The van der Waals surface area contributed by atoms with E-state index < -0.39 is 0 Å². The number of Topliss-reactive ketones (excluding diaryl/α,β-unsaturated/α-hetero) is 1. The van der Waals surface area contributed by atoms with E-state index in [1.165, 1.54) is 22.9 Å². The standard InChI is InChI=1S/C24H22N2OS2/c1-24(2,3)18-11-9-16(10-12-18)20(27)14-28-22-19-13-21(17-7-5-4-6-8-17)29-23(19)26-15-25-22/h4-13,15H,14H2,1-3H3. The molecule has 0 aliphatic rings. The predicted octanol–water partition coefficient (Wildman–Crippen LogP) is 6.63. The van der Waals surface area contributed by atoms with Crippen LogP contribution in [0.15, 0.2) is 72.0 Å². The van der Waals surface area contributed by atoms with Gasteiger partial charge in [-0.3, -0.25) is 4.79 Å². The van der Waals surface area contributed by atoms with Gasteiger partial charge in [0.05, 0.1) is 5.75 Å². The molecule has 29 heavy (non-hydrogen) atoms. The number of aromatic nitrogens is 2. The Kier molecular flexibility index (Phi) is 5.52. The van der Waals surface area contributed by atoms with Crippen LogP contribution in [0, 0.1) is 0 Å². The summed E-state index contributed by atoms with van der Waals surface area (Å²) in [7, 11) is 0. The average Bonchev–Trinajstić information content (AvgIpc) is 3.17. The van der Waals surface area contributed by atoms with Crippen molar-refractivity contribution >= 4 is 39.1 Å². The highest BCUT2D eigenvalue weighted by atomic mass is 32.2. The van der Waals surface area contributed by atoms with Gasteiger partial charge in [0, 0.05) is 15.8 Å². The van der Waals surface area contributed by atoms with Crippen LogP contribution >= 0.6 is 23.1 Å². The first kappa shape index (κ1) is 19.8. The molecule has 0 atom stereocenters. The Hall–Kier alpha value is -2.50. The Labute approximate surface area is 179 Å². The second kappa shape index (κ2) is 8.09. The third-order valence-corrected chi connectivity index (χ3v) is 6.86. The summed E-state index contributed by atoms with van der Waals surface area (Å²) < 4.78 is 0. The summed E-state index contributed by atoms with van der Waals surface area (Å²) in [5.41, 5.74) is 3.22. The quantitative estimate of drug-likeness (QED) is 0.207. The molecule has 0 aliphatic heterocycles. The fourth-order valence-corrected chi connectivity index (χ4v) is 5.00. The van der Waals surface area contributed by atoms with Crippen LogP contribution in [0.1, 0.15) is 36.7 Å². The number of thioether (sulfide) groups is 1. The van der Waals surface area contributed by atoms with Crippen molar-refractivity contribution in [2.75, 3.05) is 5.75 Å². The topological polar surface area (TPSA) is 42.9 Å². The summed E-state index contributed by atoms with van der Waals surface area (Å²) in [6.45, 7) is 6.51. The van der Waals surface area contributed by atoms with Gasteiger partial charge in [-0.05, 0) is 22.6 Å². The summed E-state index contributed by atoms with van der Waals surface area (Å²) in [5, 5.41) is 1.87. The van der Waals surface area contributed by atoms with Crippen molar-refractivity contribution in [3.8, 4) is 10.4 Å². The number of fused-ring (bicyclic) bond motifs is 1. The van der Waals surface area contributed by atoms with E-state index in [0.29, 0.717) is 5.75 Å². The molecule has 146 valence electrons. The Morgan fingerprint density at radius 2 is 1.72 bits per heavy atom. The maximum absolute atomic E-state index is 12.7. The number of benzene rings is 2. The first-order valence-corrected chi connectivity index (χ1v) is 11.3. The Morgan fingerprint density at radius 1 is 1.00 bits per heavy atom. The van der Waals surface area contributed by atoms with Gasteiger partial charge >= 0.3 is 0 Å². The molecular weight excluding hydrogens is 396 g/mol. The van der Waals surface area contributed by atoms with Crippen LogP contribution in [0.4, 0.5) is 0 Å². The third kappa shape index (κ3) is 4.41. The zero-order chi connectivity index (χ0) is 20.4. The molecule has 0 radical (unpaired) electrons. The minimum atomic E-state index is 0.0816. The van der Waals surface area contributed by atoms with Crippen LogP contribution in [-0.4, -0.2) is 21.5 Å². The lowest BCUT2D eigenvalue weighted by Crippen LogP contribution is -2.11. The van der Waals surface area contributed by atoms with Gasteiger partial charge in [0.25, 0.3) is 0 Å². The number of rotatable bonds is 5. The highest BCUT2D eigenvalue weighted by molar-refractivity contribution is 8.00. The fraction of sp³-hybridized carbons (Fsp3) is 0.208. The molecule has 0 aliphatic carbocycles. The molecule has 0 saturated heterocycles.